The van der Waals surface area contributed by atoms with Gasteiger partial charge in [0.05, 0.1) is 4.92 Å². The molecule has 1 N–H and O–H groups in total. The van der Waals surface area contributed by atoms with Crippen molar-refractivity contribution >= 4 is 40.4 Å². The van der Waals surface area contributed by atoms with Crippen LogP contribution in [-0.4, -0.2) is 58.3 Å². The molecule has 0 heterocycles. The Bertz CT molecular complexity index is 737. The van der Waals surface area contributed by atoms with Gasteiger partial charge < -0.3 is 10.2 Å². The highest BCUT2D eigenvalue weighted by atomic mass is 32.2. The van der Waals surface area contributed by atoms with Gasteiger partial charge in [0.15, 0.2) is 5.17 Å². The molecule has 30 heavy (non-hydrogen) atoms. The highest BCUT2D eigenvalue weighted by Gasteiger charge is 2.21. The van der Waals surface area contributed by atoms with Crippen LogP contribution in [0.25, 0.3) is 0 Å². The van der Waals surface area contributed by atoms with E-state index in [1.165, 1.54) is 45.8 Å². The number of rotatable bonds is 9. The van der Waals surface area contributed by atoms with Crippen LogP contribution in [0.3, 0.4) is 0 Å². The Morgan fingerprint density at radius 2 is 1.77 bits per heavy atom. The van der Waals surface area contributed by atoms with Crippen LogP contribution in [0.5, 0.6) is 0 Å². The van der Waals surface area contributed by atoms with E-state index in [4.69, 9.17) is 0 Å². The van der Waals surface area contributed by atoms with Gasteiger partial charge in [-0.3, -0.25) is 15.0 Å². The molecule has 1 rings (SSSR count). The Labute approximate surface area is 182 Å². The first kappa shape index (κ1) is 25.4. The highest BCUT2D eigenvalue weighted by molar-refractivity contribution is 8.13. The van der Waals surface area contributed by atoms with Gasteiger partial charge in [-0.25, -0.2) is 9.59 Å². The molecule has 0 unspecified atom stereocenters. The maximum Gasteiger partial charge on any atom is 0.345 e. The van der Waals surface area contributed by atoms with Crippen molar-refractivity contribution in [2.75, 3.05) is 31.7 Å². The fraction of sp³-hybridized carbons (Fsp3) is 0.550. The maximum absolute atomic E-state index is 12.9. The number of amidine groups is 1. The molecule has 0 saturated heterocycles. The van der Waals surface area contributed by atoms with Crippen molar-refractivity contribution in [2.24, 2.45) is 4.99 Å². The van der Waals surface area contributed by atoms with Gasteiger partial charge in [0, 0.05) is 44.2 Å². The number of anilines is 1. The number of amides is 4. The Kier molecular flexibility index (Phi) is 11.5. The van der Waals surface area contributed by atoms with Crippen molar-refractivity contribution in [3.8, 4) is 0 Å². The molecule has 0 fully saturated rings. The van der Waals surface area contributed by atoms with Crippen molar-refractivity contribution in [1.29, 1.82) is 0 Å². The quantitative estimate of drug-likeness (QED) is 0.188. The number of nitro benzene ring substituents is 1. The molecular weight excluding hydrogens is 406 g/mol. The molecule has 166 valence electrons. The van der Waals surface area contributed by atoms with Gasteiger partial charge in [-0.2, -0.15) is 4.99 Å². The summed E-state index contributed by atoms with van der Waals surface area (Å²) in [6, 6.07) is 4.73. The van der Waals surface area contributed by atoms with Crippen LogP contribution in [0.1, 0.15) is 46.0 Å². The van der Waals surface area contributed by atoms with Crippen LogP contribution in [-0.2, 0) is 0 Å². The number of carbonyl (C=O) groups is 2. The van der Waals surface area contributed by atoms with Crippen molar-refractivity contribution in [3.05, 3.63) is 34.4 Å². The van der Waals surface area contributed by atoms with Gasteiger partial charge in [-0.05, 0) is 25.0 Å². The number of nitrogens with one attached hydrogen (secondary N) is 1. The molecular formula is C20H31N5O4S. The van der Waals surface area contributed by atoms with Gasteiger partial charge in [0.2, 0.25) is 0 Å². The molecule has 0 bridgehead atoms. The molecule has 10 heteroatoms. The summed E-state index contributed by atoms with van der Waals surface area (Å²) in [5.74, 6) is 0.755. The lowest BCUT2D eigenvalue weighted by Gasteiger charge is -2.24. The number of non-ortho nitro benzene ring substituents is 1. The van der Waals surface area contributed by atoms with Crippen molar-refractivity contribution < 1.29 is 14.5 Å². The first-order chi connectivity index (χ1) is 14.3. The molecule has 0 aliphatic rings. The SMILES string of the molecule is CCCCCCSC(=NC(=O)N(C)C)N(CCC)C(=O)Nc1ccc([N+](=O)[O-])cc1. The Balaban J connectivity index is 2.98. The van der Waals surface area contributed by atoms with E-state index in [0.717, 1.165) is 31.4 Å². The minimum Gasteiger partial charge on any atom is -0.329 e. The average Bonchev–Trinajstić information content (AvgIpc) is 2.71. The zero-order chi connectivity index (χ0) is 22.5. The number of hydrogen-bond donors (Lipinski definition) is 1. The van der Waals surface area contributed by atoms with Crippen molar-refractivity contribution in [2.45, 2.75) is 46.0 Å². The van der Waals surface area contributed by atoms with Crippen LogP contribution >= 0.6 is 11.8 Å². The van der Waals surface area contributed by atoms with E-state index >= 15 is 0 Å². The number of aliphatic imine (C=N–C) groups is 1. The standard InChI is InChI=1S/C20H31N5O4S/c1-5-7-8-9-15-30-20(22-18(26)23(3)4)24(14-6-2)19(27)21-16-10-12-17(13-11-16)25(28)29/h10-13H,5-9,14-15H2,1-4H3,(H,21,27). The largest absolute Gasteiger partial charge is 0.345 e. The zero-order valence-electron chi connectivity index (χ0n) is 18.1. The molecule has 1 aromatic rings. The molecule has 0 aliphatic carbocycles. The number of benzene rings is 1. The number of urea groups is 2. The maximum atomic E-state index is 12.9. The Hall–Kier alpha value is -2.62. The molecule has 0 aliphatic heterocycles. The van der Waals surface area contributed by atoms with Crippen LogP contribution in [0, 0.1) is 10.1 Å². The van der Waals surface area contributed by atoms with E-state index in [-0.39, 0.29) is 5.69 Å². The number of carbonyl (C=O) groups excluding carboxylic acids is 2. The van der Waals surface area contributed by atoms with Crippen LogP contribution in [0.2, 0.25) is 0 Å². The monoisotopic (exact) mass is 437 g/mol. The molecule has 0 aromatic heterocycles. The summed E-state index contributed by atoms with van der Waals surface area (Å²) in [5.41, 5.74) is 0.373. The predicted octanol–water partition coefficient (Wildman–Crippen LogP) is 5.19. The molecule has 0 radical (unpaired) electrons. The van der Waals surface area contributed by atoms with E-state index < -0.39 is 17.0 Å². The summed E-state index contributed by atoms with van der Waals surface area (Å²) in [4.78, 5) is 42.4. The molecule has 0 saturated carbocycles. The van der Waals surface area contributed by atoms with Gasteiger partial charge in [0.25, 0.3) is 5.69 Å². The molecule has 0 atom stereocenters. The van der Waals surface area contributed by atoms with E-state index in [1.807, 2.05) is 6.92 Å². The van der Waals surface area contributed by atoms with Gasteiger partial charge in [-0.1, -0.05) is 44.9 Å². The molecule has 0 spiro atoms. The van der Waals surface area contributed by atoms with E-state index in [2.05, 4.69) is 17.2 Å². The fourth-order valence-corrected chi connectivity index (χ4v) is 3.41. The summed E-state index contributed by atoms with van der Waals surface area (Å²) in [5, 5.41) is 13.9. The van der Waals surface area contributed by atoms with E-state index in [9.17, 15) is 19.7 Å². The minimum atomic E-state index is -0.498. The number of nitrogens with zero attached hydrogens (tertiary/aromatic N) is 4. The second-order valence-electron chi connectivity index (χ2n) is 6.87. The molecule has 9 nitrogen and oxygen atoms in total. The third kappa shape index (κ3) is 8.81. The smallest absolute Gasteiger partial charge is 0.329 e. The van der Waals surface area contributed by atoms with E-state index in [0.29, 0.717) is 23.8 Å². The number of hydrogen-bond acceptors (Lipinski definition) is 5. The third-order valence-electron chi connectivity index (χ3n) is 4.06. The van der Waals surface area contributed by atoms with E-state index in [1.54, 1.807) is 14.1 Å². The van der Waals surface area contributed by atoms with Gasteiger partial charge >= 0.3 is 12.1 Å². The zero-order valence-corrected chi connectivity index (χ0v) is 18.9. The normalized spacial score (nSPS) is 11.1. The summed E-state index contributed by atoms with van der Waals surface area (Å²) >= 11 is 1.39. The average molecular weight is 438 g/mol. The highest BCUT2D eigenvalue weighted by Crippen LogP contribution is 2.19. The Morgan fingerprint density at radius 1 is 1.10 bits per heavy atom. The van der Waals surface area contributed by atoms with Crippen molar-refractivity contribution in [1.82, 2.24) is 9.80 Å². The Morgan fingerprint density at radius 3 is 2.30 bits per heavy atom. The lowest BCUT2D eigenvalue weighted by Crippen LogP contribution is -2.40. The summed E-state index contributed by atoms with van der Waals surface area (Å²) in [6.07, 6.45) is 5.01. The van der Waals surface area contributed by atoms with Gasteiger partial charge in [0.1, 0.15) is 0 Å². The fourth-order valence-electron chi connectivity index (χ4n) is 2.41. The second-order valence-corrected chi connectivity index (χ2v) is 7.93. The number of nitro groups is 1. The third-order valence-corrected chi connectivity index (χ3v) is 5.12. The topological polar surface area (TPSA) is 108 Å². The number of unbranched alkanes of at least 4 members (excludes halogenated alkanes) is 3. The lowest BCUT2D eigenvalue weighted by atomic mass is 10.2. The molecule has 1 aromatic carbocycles. The second kappa shape index (κ2) is 13.6. The van der Waals surface area contributed by atoms with Gasteiger partial charge in [-0.15, -0.1) is 0 Å². The lowest BCUT2D eigenvalue weighted by molar-refractivity contribution is -0.384. The first-order valence-electron chi connectivity index (χ1n) is 10.1. The summed E-state index contributed by atoms with van der Waals surface area (Å²) < 4.78 is 0. The summed E-state index contributed by atoms with van der Waals surface area (Å²) in [6.45, 7) is 4.46. The van der Waals surface area contributed by atoms with Crippen LogP contribution in [0.15, 0.2) is 29.3 Å². The predicted molar refractivity (Wildman–Crippen MR) is 122 cm³/mol. The van der Waals surface area contributed by atoms with Crippen molar-refractivity contribution in [3.63, 3.8) is 0 Å². The van der Waals surface area contributed by atoms with Crippen LogP contribution < -0.4 is 5.32 Å². The summed E-state index contributed by atoms with van der Waals surface area (Å²) in [7, 11) is 3.22. The first-order valence-corrected chi connectivity index (χ1v) is 11.0. The minimum absolute atomic E-state index is 0.0557. The number of thioether (sulfide) groups is 1. The molecule has 4 amide bonds. The van der Waals surface area contributed by atoms with Crippen LogP contribution in [0.4, 0.5) is 21.0 Å².